The van der Waals surface area contributed by atoms with E-state index in [1.165, 1.54) is 22.5 Å². The second-order valence-corrected chi connectivity index (χ2v) is 4.68. The Hall–Kier alpha value is -1.77. The molecule has 3 rings (SSSR count). The summed E-state index contributed by atoms with van der Waals surface area (Å²) in [5, 5.41) is 4.30. The fourth-order valence-electron chi connectivity index (χ4n) is 2.48. The number of rotatable bonds is 2. The van der Waals surface area contributed by atoms with Gasteiger partial charge in [0.1, 0.15) is 0 Å². The van der Waals surface area contributed by atoms with Crippen molar-refractivity contribution in [2.75, 3.05) is 11.4 Å². The van der Waals surface area contributed by atoms with Gasteiger partial charge in [-0.25, -0.2) is 0 Å². The monoisotopic (exact) mass is 227 g/mol. The lowest BCUT2D eigenvalue weighted by molar-refractivity contribution is 0.735. The van der Waals surface area contributed by atoms with Crippen molar-refractivity contribution in [3.05, 3.63) is 47.3 Å². The van der Waals surface area contributed by atoms with Gasteiger partial charge in [-0.15, -0.1) is 0 Å². The van der Waals surface area contributed by atoms with Crippen molar-refractivity contribution >= 4 is 5.69 Å². The van der Waals surface area contributed by atoms with E-state index in [-0.39, 0.29) is 0 Å². The Kier molecular flexibility index (Phi) is 2.39. The molecule has 0 aliphatic carbocycles. The van der Waals surface area contributed by atoms with E-state index in [9.17, 15) is 0 Å². The van der Waals surface area contributed by atoms with Gasteiger partial charge in [0.2, 0.25) is 0 Å². The van der Waals surface area contributed by atoms with Gasteiger partial charge in [-0.1, -0.05) is 18.2 Å². The summed E-state index contributed by atoms with van der Waals surface area (Å²) in [7, 11) is 2.00. The standard InChI is InChI=1S/C14H17N3/c1-11-13(9-15-16(11)2)10-17-8-7-12-5-3-4-6-14(12)17/h3-6,9H,7-8,10H2,1-2H3. The van der Waals surface area contributed by atoms with Crippen molar-refractivity contribution in [1.82, 2.24) is 9.78 Å². The second-order valence-electron chi connectivity index (χ2n) is 4.68. The van der Waals surface area contributed by atoms with Crippen LogP contribution in [0.25, 0.3) is 0 Å². The first kappa shape index (κ1) is 10.4. The Morgan fingerprint density at radius 2 is 2.12 bits per heavy atom. The van der Waals surface area contributed by atoms with E-state index in [1.54, 1.807) is 0 Å². The number of benzene rings is 1. The van der Waals surface area contributed by atoms with Crippen LogP contribution in [0.2, 0.25) is 0 Å². The third kappa shape index (κ3) is 1.71. The van der Waals surface area contributed by atoms with Crippen LogP contribution in [-0.4, -0.2) is 16.3 Å². The summed E-state index contributed by atoms with van der Waals surface area (Å²) in [5.74, 6) is 0. The van der Waals surface area contributed by atoms with Gasteiger partial charge >= 0.3 is 0 Å². The molecule has 1 aliphatic heterocycles. The van der Waals surface area contributed by atoms with Crippen LogP contribution in [0.3, 0.4) is 0 Å². The summed E-state index contributed by atoms with van der Waals surface area (Å²) in [6.45, 7) is 4.22. The molecule has 88 valence electrons. The summed E-state index contributed by atoms with van der Waals surface area (Å²) in [6, 6.07) is 8.68. The number of nitrogens with zero attached hydrogens (tertiary/aromatic N) is 3. The number of hydrogen-bond donors (Lipinski definition) is 0. The maximum absolute atomic E-state index is 4.30. The number of aryl methyl sites for hydroxylation is 1. The molecule has 0 N–H and O–H groups in total. The molecular formula is C14H17N3. The first-order chi connectivity index (χ1) is 8.25. The van der Waals surface area contributed by atoms with Gasteiger partial charge < -0.3 is 4.90 Å². The molecule has 2 aromatic rings. The smallest absolute Gasteiger partial charge is 0.0542 e. The molecule has 0 radical (unpaired) electrons. The molecule has 0 unspecified atom stereocenters. The van der Waals surface area contributed by atoms with E-state index in [2.05, 4.69) is 41.2 Å². The van der Waals surface area contributed by atoms with Crippen LogP contribution in [0.5, 0.6) is 0 Å². The summed E-state index contributed by atoms with van der Waals surface area (Å²) in [4.78, 5) is 2.44. The van der Waals surface area contributed by atoms with Gasteiger partial charge in [-0.2, -0.15) is 5.10 Å². The molecule has 17 heavy (non-hydrogen) atoms. The van der Waals surface area contributed by atoms with Gasteiger partial charge in [0.15, 0.2) is 0 Å². The molecule has 0 amide bonds. The van der Waals surface area contributed by atoms with Gasteiger partial charge in [0, 0.05) is 37.1 Å². The van der Waals surface area contributed by atoms with Crippen molar-refractivity contribution < 1.29 is 0 Å². The molecule has 0 saturated heterocycles. The van der Waals surface area contributed by atoms with Crippen LogP contribution < -0.4 is 4.90 Å². The Morgan fingerprint density at radius 1 is 1.29 bits per heavy atom. The molecule has 0 bridgehead atoms. The Balaban J connectivity index is 1.86. The Morgan fingerprint density at radius 3 is 2.88 bits per heavy atom. The molecule has 0 fully saturated rings. The van der Waals surface area contributed by atoms with Crippen LogP contribution in [0.4, 0.5) is 5.69 Å². The summed E-state index contributed by atoms with van der Waals surface area (Å²) < 4.78 is 1.94. The zero-order chi connectivity index (χ0) is 11.8. The fraction of sp³-hybridized carbons (Fsp3) is 0.357. The number of para-hydroxylation sites is 1. The molecule has 3 heteroatoms. The normalized spacial score (nSPS) is 14.1. The maximum atomic E-state index is 4.30. The minimum absolute atomic E-state index is 0.969. The molecule has 1 aromatic heterocycles. The maximum Gasteiger partial charge on any atom is 0.0542 e. The van der Waals surface area contributed by atoms with Crippen molar-refractivity contribution in [3.8, 4) is 0 Å². The predicted molar refractivity (Wildman–Crippen MR) is 69.1 cm³/mol. The third-order valence-corrected chi connectivity index (χ3v) is 3.68. The molecule has 0 spiro atoms. The van der Waals surface area contributed by atoms with Crippen LogP contribution >= 0.6 is 0 Å². The zero-order valence-electron chi connectivity index (χ0n) is 10.3. The van der Waals surface area contributed by atoms with Crippen molar-refractivity contribution in [1.29, 1.82) is 0 Å². The van der Waals surface area contributed by atoms with Gasteiger partial charge in [0.25, 0.3) is 0 Å². The SMILES string of the molecule is Cc1c(CN2CCc3ccccc32)cnn1C. The molecule has 1 aromatic carbocycles. The van der Waals surface area contributed by atoms with Crippen molar-refractivity contribution in [3.63, 3.8) is 0 Å². The lowest BCUT2D eigenvalue weighted by Crippen LogP contribution is -2.19. The van der Waals surface area contributed by atoms with E-state index >= 15 is 0 Å². The van der Waals surface area contributed by atoms with Crippen molar-refractivity contribution in [2.45, 2.75) is 19.9 Å². The first-order valence-electron chi connectivity index (χ1n) is 6.06. The lowest BCUT2D eigenvalue weighted by atomic mass is 10.2. The summed E-state index contributed by atoms with van der Waals surface area (Å²) >= 11 is 0. The van der Waals surface area contributed by atoms with Crippen LogP contribution in [0.15, 0.2) is 30.5 Å². The van der Waals surface area contributed by atoms with E-state index < -0.39 is 0 Å². The topological polar surface area (TPSA) is 21.1 Å². The van der Waals surface area contributed by atoms with Gasteiger partial charge in [0.05, 0.1) is 6.20 Å². The number of hydrogen-bond acceptors (Lipinski definition) is 2. The predicted octanol–water partition coefficient (Wildman–Crippen LogP) is 2.29. The number of anilines is 1. The number of fused-ring (bicyclic) bond motifs is 1. The van der Waals surface area contributed by atoms with Crippen molar-refractivity contribution in [2.24, 2.45) is 7.05 Å². The zero-order valence-corrected chi connectivity index (χ0v) is 10.3. The average Bonchev–Trinajstić information content (AvgIpc) is 2.89. The molecule has 1 aliphatic rings. The van der Waals surface area contributed by atoms with E-state index in [0.717, 1.165) is 19.5 Å². The fourth-order valence-corrected chi connectivity index (χ4v) is 2.48. The first-order valence-corrected chi connectivity index (χ1v) is 6.06. The molecular weight excluding hydrogens is 210 g/mol. The van der Waals surface area contributed by atoms with E-state index in [0.29, 0.717) is 0 Å². The van der Waals surface area contributed by atoms with Gasteiger partial charge in [-0.05, 0) is 25.0 Å². The Bertz CT molecular complexity index is 542. The lowest BCUT2D eigenvalue weighted by Gasteiger charge is -2.19. The third-order valence-electron chi connectivity index (χ3n) is 3.68. The quantitative estimate of drug-likeness (QED) is 0.785. The molecule has 0 atom stereocenters. The second kappa shape index (κ2) is 3.91. The summed E-state index contributed by atoms with van der Waals surface area (Å²) in [6.07, 6.45) is 3.14. The highest BCUT2D eigenvalue weighted by molar-refractivity contribution is 5.58. The molecule has 3 nitrogen and oxygen atoms in total. The highest BCUT2D eigenvalue weighted by Gasteiger charge is 2.19. The highest BCUT2D eigenvalue weighted by atomic mass is 15.3. The van der Waals surface area contributed by atoms with Crippen LogP contribution in [0, 0.1) is 6.92 Å². The Labute approximate surface area is 102 Å². The van der Waals surface area contributed by atoms with Gasteiger partial charge in [-0.3, -0.25) is 4.68 Å². The van der Waals surface area contributed by atoms with E-state index in [1.807, 2.05) is 17.9 Å². The highest BCUT2D eigenvalue weighted by Crippen LogP contribution is 2.29. The van der Waals surface area contributed by atoms with Crippen LogP contribution in [-0.2, 0) is 20.0 Å². The summed E-state index contributed by atoms with van der Waals surface area (Å²) in [5.41, 5.74) is 5.43. The minimum Gasteiger partial charge on any atom is -0.367 e. The molecule has 2 heterocycles. The average molecular weight is 227 g/mol. The van der Waals surface area contributed by atoms with E-state index in [4.69, 9.17) is 0 Å². The van der Waals surface area contributed by atoms with Crippen LogP contribution in [0.1, 0.15) is 16.8 Å². The molecule has 0 saturated carbocycles. The largest absolute Gasteiger partial charge is 0.367 e. The number of aromatic nitrogens is 2. The minimum atomic E-state index is 0.969.